The SMILES string of the molecule is CCCCCCCCCCCCCCCCCCN1CC(CN(C)S(=O)(=O)C(F)(F)C(F)(F)C(F)(F)C(F)(F)C(F)(F)C(F)(F)C(F)(F)C(F)(F)F)OC1=O. The van der Waals surface area contributed by atoms with E-state index in [9.17, 15) is 87.8 Å². The van der Waals surface area contributed by atoms with Gasteiger partial charge in [-0.3, -0.25) is 0 Å². The molecule has 1 heterocycles. The van der Waals surface area contributed by atoms with E-state index in [0.29, 0.717) is 12.8 Å². The van der Waals surface area contributed by atoms with Crippen molar-refractivity contribution in [1.29, 1.82) is 0 Å². The molecule has 1 atom stereocenters. The fourth-order valence-corrected chi connectivity index (χ4v) is 6.80. The maximum Gasteiger partial charge on any atom is 0.460 e. The minimum atomic E-state index is -8.91. The Morgan fingerprint density at radius 1 is 0.564 bits per heavy atom. The van der Waals surface area contributed by atoms with Gasteiger partial charge in [0.2, 0.25) is 0 Å². The van der Waals surface area contributed by atoms with Crippen molar-refractivity contribution in [3.63, 3.8) is 0 Å². The minimum absolute atomic E-state index is 0.0357. The Hall–Kier alpha value is -2.01. The molecule has 0 aromatic heterocycles. The highest BCUT2D eigenvalue weighted by atomic mass is 32.2. The predicted molar refractivity (Wildman–Crippen MR) is 164 cm³/mol. The molecule has 1 aliphatic heterocycles. The Bertz CT molecular complexity index is 1310. The topological polar surface area (TPSA) is 66.9 Å². The molecule has 1 aliphatic rings. The summed E-state index contributed by atoms with van der Waals surface area (Å²) in [5, 5.41) is -7.67. The van der Waals surface area contributed by atoms with Crippen LogP contribution < -0.4 is 0 Å². The van der Waals surface area contributed by atoms with Crippen molar-refractivity contribution >= 4 is 16.1 Å². The average Bonchev–Trinajstić information content (AvgIpc) is 3.41. The summed E-state index contributed by atoms with van der Waals surface area (Å²) in [6.45, 7) is -0.0637. The summed E-state index contributed by atoms with van der Waals surface area (Å²) in [5.74, 6) is -52.0. The van der Waals surface area contributed by atoms with Crippen LogP contribution in [0.3, 0.4) is 0 Å². The molecule has 1 saturated heterocycles. The largest absolute Gasteiger partial charge is 0.460 e. The van der Waals surface area contributed by atoms with Crippen LogP contribution in [-0.4, -0.2) is 103 Å². The van der Waals surface area contributed by atoms with Gasteiger partial charge in [0.25, 0.3) is 10.0 Å². The summed E-state index contributed by atoms with van der Waals surface area (Å²) in [5.41, 5.74) is 0. The van der Waals surface area contributed by atoms with Gasteiger partial charge >= 0.3 is 53.1 Å². The Labute approximate surface area is 307 Å². The van der Waals surface area contributed by atoms with E-state index in [1.54, 1.807) is 0 Å². The number of unbranched alkanes of at least 4 members (excludes halogenated alkanes) is 15. The lowest BCUT2D eigenvalue weighted by atomic mass is 9.91. The summed E-state index contributed by atoms with van der Waals surface area (Å²) in [6, 6.07) is 0. The van der Waals surface area contributed by atoms with Gasteiger partial charge in [-0.1, -0.05) is 103 Å². The highest BCUT2D eigenvalue weighted by Gasteiger charge is 2.96. The van der Waals surface area contributed by atoms with E-state index >= 15 is 0 Å². The smallest absolute Gasteiger partial charge is 0.443 e. The van der Waals surface area contributed by atoms with Crippen LogP contribution in [0.1, 0.15) is 110 Å². The summed E-state index contributed by atoms with van der Waals surface area (Å²) in [4.78, 5) is 13.1. The monoisotopic (exact) mass is 864 g/mol. The lowest BCUT2D eigenvalue weighted by molar-refractivity contribution is -0.458. The van der Waals surface area contributed by atoms with Crippen molar-refractivity contribution in [3.8, 4) is 0 Å². The lowest BCUT2D eigenvalue weighted by Crippen LogP contribution is -2.75. The van der Waals surface area contributed by atoms with Gasteiger partial charge in [-0.2, -0.15) is 78.9 Å². The van der Waals surface area contributed by atoms with E-state index < -0.39 is 86.6 Å². The number of likely N-dealkylation sites (N-methyl/N-ethyl adjacent to an activating group) is 1. The Morgan fingerprint density at radius 2 is 0.891 bits per heavy atom. The summed E-state index contributed by atoms with van der Waals surface area (Å²) >= 11 is 0. The normalized spacial score (nSPS) is 17.4. The van der Waals surface area contributed by atoms with Crippen molar-refractivity contribution in [3.05, 3.63) is 0 Å². The maximum atomic E-state index is 14.6. The van der Waals surface area contributed by atoms with Crippen molar-refractivity contribution in [2.24, 2.45) is 0 Å². The fourth-order valence-electron chi connectivity index (χ4n) is 5.60. The first-order chi connectivity index (χ1) is 24.8. The fraction of sp³-hybridized carbons (Fsp3) is 0.968. The molecule has 0 N–H and O–H groups in total. The zero-order chi connectivity index (χ0) is 43.0. The summed E-state index contributed by atoms with van der Waals surface area (Å²) in [6.07, 6.45) is 5.72. The third-order valence-corrected chi connectivity index (χ3v) is 11.0. The average molecular weight is 865 g/mol. The number of carbonyl (C=O) groups is 1. The summed E-state index contributed by atoms with van der Waals surface area (Å²) < 4.78 is 259. The van der Waals surface area contributed by atoms with E-state index in [1.165, 1.54) is 51.4 Å². The number of alkyl halides is 17. The Kier molecular flexibility index (Phi) is 17.8. The van der Waals surface area contributed by atoms with E-state index in [-0.39, 0.29) is 13.6 Å². The van der Waals surface area contributed by atoms with Gasteiger partial charge in [0.1, 0.15) is 6.10 Å². The lowest BCUT2D eigenvalue weighted by Gasteiger charge is -2.42. The third-order valence-electron chi connectivity index (χ3n) is 9.12. The first kappa shape index (κ1) is 51.0. The van der Waals surface area contributed by atoms with Crippen LogP contribution in [0, 0.1) is 0 Å². The molecule has 0 bridgehead atoms. The number of ether oxygens (including phenoxy) is 1. The van der Waals surface area contributed by atoms with Crippen molar-refractivity contribution in [2.45, 2.75) is 163 Å². The first-order valence-electron chi connectivity index (χ1n) is 17.5. The number of amides is 1. The zero-order valence-electron chi connectivity index (χ0n) is 29.9. The molecule has 0 aromatic rings. The second-order valence-corrected chi connectivity index (χ2v) is 15.6. The van der Waals surface area contributed by atoms with Crippen molar-refractivity contribution < 1.29 is 92.6 Å². The number of hydrogen-bond acceptors (Lipinski definition) is 4. The maximum absolute atomic E-state index is 14.6. The number of nitrogens with zero attached hydrogens (tertiary/aromatic N) is 2. The molecule has 0 saturated carbocycles. The molecule has 24 heteroatoms. The van der Waals surface area contributed by atoms with Gasteiger partial charge in [-0.05, 0) is 6.42 Å². The van der Waals surface area contributed by atoms with Crippen LogP contribution in [0.15, 0.2) is 0 Å². The van der Waals surface area contributed by atoms with Crippen molar-refractivity contribution in [1.82, 2.24) is 9.21 Å². The number of halogens is 17. The number of hydrogen-bond donors (Lipinski definition) is 0. The number of carbonyl (C=O) groups excluding carboxylic acids is 1. The molecule has 1 rings (SSSR count). The van der Waals surface area contributed by atoms with Crippen LogP contribution in [0.5, 0.6) is 0 Å². The molecular formula is C31H45F17N2O4S. The van der Waals surface area contributed by atoms with E-state index in [4.69, 9.17) is 4.74 Å². The highest BCUT2D eigenvalue weighted by molar-refractivity contribution is 7.90. The summed E-state index contributed by atoms with van der Waals surface area (Å²) in [7, 11) is -7.55. The molecule has 1 unspecified atom stereocenters. The number of rotatable bonds is 27. The van der Waals surface area contributed by atoms with Crippen LogP contribution >= 0.6 is 0 Å². The number of cyclic esters (lactones) is 1. The quantitative estimate of drug-likeness (QED) is 0.0609. The molecular weight excluding hydrogens is 819 g/mol. The Morgan fingerprint density at radius 3 is 1.25 bits per heavy atom. The van der Waals surface area contributed by atoms with Gasteiger partial charge in [-0.15, -0.1) is 0 Å². The molecule has 6 nitrogen and oxygen atoms in total. The van der Waals surface area contributed by atoms with Gasteiger partial charge in [0, 0.05) is 13.6 Å². The Balaban J connectivity index is 2.77. The van der Waals surface area contributed by atoms with Crippen LogP contribution in [0.4, 0.5) is 79.4 Å². The van der Waals surface area contributed by atoms with Gasteiger partial charge in [-0.25, -0.2) is 13.2 Å². The van der Waals surface area contributed by atoms with Gasteiger partial charge < -0.3 is 9.64 Å². The van der Waals surface area contributed by atoms with Gasteiger partial charge in [0.15, 0.2) is 0 Å². The third kappa shape index (κ3) is 10.7. The second-order valence-electron chi connectivity index (χ2n) is 13.5. The molecule has 1 amide bonds. The van der Waals surface area contributed by atoms with E-state index in [0.717, 1.165) is 43.4 Å². The van der Waals surface area contributed by atoms with Gasteiger partial charge in [0.05, 0.1) is 13.1 Å². The van der Waals surface area contributed by atoms with Crippen LogP contribution in [0.2, 0.25) is 0 Å². The van der Waals surface area contributed by atoms with Crippen LogP contribution in [0.25, 0.3) is 0 Å². The van der Waals surface area contributed by atoms with E-state index in [2.05, 4.69) is 6.92 Å². The molecule has 1 fully saturated rings. The molecule has 0 aromatic carbocycles. The first-order valence-corrected chi connectivity index (χ1v) is 18.9. The van der Waals surface area contributed by atoms with E-state index in [1.807, 2.05) is 0 Å². The highest BCUT2D eigenvalue weighted by Crippen LogP contribution is 2.64. The second kappa shape index (κ2) is 19.2. The van der Waals surface area contributed by atoms with Crippen molar-refractivity contribution in [2.75, 3.05) is 26.7 Å². The van der Waals surface area contributed by atoms with Crippen LogP contribution in [-0.2, 0) is 14.8 Å². The molecule has 55 heavy (non-hydrogen) atoms. The standard InChI is InChI=1S/C31H45F17N2O4S/c1-3-4-5-6-7-8-9-10-11-12-13-14-15-16-17-18-19-50-21-22(54-23(50)51)20-49(2)55(52,53)31(47,48)29(42,43)27(38,39)25(34,35)24(32,33)26(36,37)28(40,41)30(44,45)46/h22H,3-21H2,1-2H3. The minimum Gasteiger partial charge on any atom is -0.443 e. The number of sulfonamides is 1. The molecule has 0 radical (unpaired) electrons. The predicted octanol–water partition coefficient (Wildman–Crippen LogP) is 11.3. The molecule has 0 spiro atoms. The molecule has 328 valence electrons. The zero-order valence-corrected chi connectivity index (χ0v) is 30.7. The molecule has 0 aliphatic carbocycles.